The van der Waals surface area contributed by atoms with E-state index in [4.69, 9.17) is 19.2 Å². The van der Waals surface area contributed by atoms with Crippen molar-refractivity contribution in [1.82, 2.24) is 19.6 Å². The van der Waals surface area contributed by atoms with Crippen molar-refractivity contribution in [3.8, 4) is 23.1 Å². The van der Waals surface area contributed by atoms with E-state index in [1.54, 1.807) is 18.0 Å². The molecule has 2 aromatic heterocycles. The molecule has 0 aliphatic carbocycles. The Hall–Kier alpha value is -4.91. The molecule has 180 valence electrons. The Bertz CT molecular complexity index is 1750. The molecule has 1 atom stereocenters. The lowest BCUT2D eigenvalue weighted by atomic mass is 9.81. The number of fused-ring (bicyclic) bond motifs is 6. The molecule has 0 unspecified atom stereocenters. The van der Waals surface area contributed by atoms with Crippen molar-refractivity contribution >= 4 is 16.4 Å². The van der Waals surface area contributed by atoms with E-state index < -0.39 is 0 Å². The standard InChI is InChI=1S/C30H22N4O3/c1-35-21-14-11-20(12-15-21)26-27-23-10-6-5-7-19(23)13-16-24(27)37-30-28(26)29-32-25(33-34(29)18-31-30)17-36-22-8-3-2-4-9-22/h2-16,18,26H,17H2,1H3/t26-/m1/s1. The molecule has 0 spiro atoms. The summed E-state index contributed by atoms with van der Waals surface area (Å²) in [6, 6.07) is 30.2. The molecule has 1 aliphatic rings. The van der Waals surface area contributed by atoms with Gasteiger partial charge in [-0.3, -0.25) is 0 Å². The van der Waals surface area contributed by atoms with Crippen molar-refractivity contribution in [2.24, 2.45) is 0 Å². The molecule has 7 heteroatoms. The summed E-state index contributed by atoms with van der Waals surface area (Å²) in [5.74, 6) is 3.28. The lowest BCUT2D eigenvalue weighted by Gasteiger charge is -2.29. The van der Waals surface area contributed by atoms with Crippen LogP contribution >= 0.6 is 0 Å². The van der Waals surface area contributed by atoms with Crippen molar-refractivity contribution in [2.45, 2.75) is 12.5 Å². The zero-order valence-electron chi connectivity index (χ0n) is 20.0. The fraction of sp³-hybridized carbons (Fsp3) is 0.100. The van der Waals surface area contributed by atoms with Crippen LogP contribution in [0.3, 0.4) is 0 Å². The maximum Gasteiger partial charge on any atom is 0.228 e. The fourth-order valence-corrected chi connectivity index (χ4v) is 5.00. The average molecular weight is 487 g/mol. The van der Waals surface area contributed by atoms with Crippen LogP contribution in [0.2, 0.25) is 0 Å². The summed E-state index contributed by atoms with van der Waals surface area (Å²) in [6.45, 7) is 0.244. The summed E-state index contributed by atoms with van der Waals surface area (Å²) in [7, 11) is 1.67. The van der Waals surface area contributed by atoms with Crippen LogP contribution in [0, 0.1) is 0 Å². The highest BCUT2D eigenvalue weighted by Crippen LogP contribution is 2.50. The molecule has 7 nitrogen and oxygen atoms in total. The Labute approximate surface area is 212 Å². The van der Waals surface area contributed by atoms with E-state index in [-0.39, 0.29) is 12.5 Å². The van der Waals surface area contributed by atoms with Gasteiger partial charge in [0.1, 0.15) is 30.2 Å². The smallest absolute Gasteiger partial charge is 0.228 e. The lowest BCUT2D eigenvalue weighted by molar-refractivity contribution is 0.296. The van der Waals surface area contributed by atoms with Gasteiger partial charge < -0.3 is 14.2 Å². The van der Waals surface area contributed by atoms with E-state index in [0.717, 1.165) is 44.7 Å². The second-order valence-electron chi connectivity index (χ2n) is 8.87. The highest BCUT2D eigenvalue weighted by molar-refractivity contribution is 5.90. The molecule has 0 bridgehead atoms. The molecule has 0 radical (unpaired) electrons. The monoisotopic (exact) mass is 486 g/mol. The maximum absolute atomic E-state index is 6.38. The van der Waals surface area contributed by atoms with Crippen LogP contribution in [0.1, 0.15) is 28.4 Å². The highest BCUT2D eigenvalue weighted by Gasteiger charge is 2.34. The third-order valence-electron chi connectivity index (χ3n) is 6.71. The first kappa shape index (κ1) is 21.4. The van der Waals surface area contributed by atoms with E-state index in [1.807, 2.05) is 54.6 Å². The summed E-state index contributed by atoms with van der Waals surface area (Å²) < 4.78 is 19.4. The number of benzene rings is 4. The molecule has 0 N–H and O–H groups in total. The van der Waals surface area contributed by atoms with E-state index >= 15 is 0 Å². The minimum absolute atomic E-state index is 0.168. The van der Waals surface area contributed by atoms with Crippen molar-refractivity contribution in [3.63, 3.8) is 0 Å². The molecular formula is C30H22N4O3. The van der Waals surface area contributed by atoms with Crippen molar-refractivity contribution in [2.75, 3.05) is 7.11 Å². The number of hydrogen-bond acceptors (Lipinski definition) is 6. The minimum Gasteiger partial charge on any atom is -0.497 e. The van der Waals surface area contributed by atoms with Crippen LogP contribution in [-0.2, 0) is 6.61 Å². The van der Waals surface area contributed by atoms with Gasteiger partial charge in [0.15, 0.2) is 11.5 Å². The molecule has 0 saturated carbocycles. The molecule has 7 rings (SSSR count). The number of nitrogens with zero attached hydrogens (tertiary/aromatic N) is 4. The Morgan fingerprint density at radius 3 is 2.49 bits per heavy atom. The molecule has 37 heavy (non-hydrogen) atoms. The number of ether oxygens (including phenoxy) is 3. The fourth-order valence-electron chi connectivity index (χ4n) is 5.00. The number of para-hydroxylation sites is 1. The highest BCUT2D eigenvalue weighted by atomic mass is 16.5. The summed E-state index contributed by atoms with van der Waals surface area (Å²) in [6.07, 6.45) is 1.64. The van der Waals surface area contributed by atoms with Gasteiger partial charge in [0, 0.05) is 11.5 Å². The second kappa shape index (κ2) is 8.64. The van der Waals surface area contributed by atoms with Crippen LogP contribution in [0.4, 0.5) is 0 Å². The first-order chi connectivity index (χ1) is 18.3. The number of aromatic nitrogens is 4. The summed E-state index contributed by atoms with van der Waals surface area (Å²) in [5, 5.41) is 6.92. The largest absolute Gasteiger partial charge is 0.497 e. The topological polar surface area (TPSA) is 70.8 Å². The Morgan fingerprint density at radius 1 is 0.838 bits per heavy atom. The summed E-state index contributed by atoms with van der Waals surface area (Å²) >= 11 is 0. The van der Waals surface area contributed by atoms with Gasteiger partial charge in [0.2, 0.25) is 5.88 Å². The second-order valence-corrected chi connectivity index (χ2v) is 8.87. The molecule has 0 amide bonds. The predicted molar refractivity (Wildman–Crippen MR) is 140 cm³/mol. The maximum atomic E-state index is 6.38. The first-order valence-corrected chi connectivity index (χ1v) is 12.0. The van der Waals surface area contributed by atoms with Crippen LogP contribution in [0.5, 0.6) is 23.1 Å². The van der Waals surface area contributed by atoms with E-state index in [1.165, 1.54) is 0 Å². The van der Waals surface area contributed by atoms with Crippen LogP contribution in [0.15, 0.2) is 97.3 Å². The molecule has 6 aromatic rings. The van der Waals surface area contributed by atoms with Gasteiger partial charge in [-0.2, -0.15) is 0 Å². The van der Waals surface area contributed by atoms with Gasteiger partial charge in [0.25, 0.3) is 0 Å². The lowest BCUT2D eigenvalue weighted by Crippen LogP contribution is -2.15. The Balaban J connectivity index is 1.41. The third kappa shape index (κ3) is 3.63. The van der Waals surface area contributed by atoms with Gasteiger partial charge in [-0.25, -0.2) is 14.5 Å². The molecule has 0 saturated heterocycles. The minimum atomic E-state index is -0.168. The number of rotatable bonds is 5. The van der Waals surface area contributed by atoms with Crippen molar-refractivity contribution < 1.29 is 14.2 Å². The summed E-state index contributed by atoms with van der Waals surface area (Å²) in [4.78, 5) is 9.53. The van der Waals surface area contributed by atoms with Gasteiger partial charge in [-0.15, -0.1) is 5.10 Å². The van der Waals surface area contributed by atoms with Gasteiger partial charge in [0.05, 0.1) is 12.7 Å². The zero-order valence-corrected chi connectivity index (χ0v) is 20.0. The molecule has 0 fully saturated rings. The van der Waals surface area contributed by atoms with E-state index in [0.29, 0.717) is 17.4 Å². The van der Waals surface area contributed by atoms with E-state index in [2.05, 4.69) is 46.5 Å². The molecule has 3 heterocycles. The number of hydrogen-bond donors (Lipinski definition) is 0. The van der Waals surface area contributed by atoms with Gasteiger partial charge in [-0.05, 0) is 46.7 Å². The Kier molecular flexibility index (Phi) is 4.99. The third-order valence-corrected chi connectivity index (χ3v) is 6.71. The first-order valence-electron chi connectivity index (χ1n) is 12.0. The Morgan fingerprint density at radius 2 is 1.65 bits per heavy atom. The molecular weight excluding hydrogens is 464 g/mol. The number of methoxy groups -OCH3 is 1. The van der Waals surface area contributed by atoms with Crippen LogP contribution < -0.4 is 14.2 Å². The molecule has 1 aliphatic heterocycles. The van der Waals surface area contributed by atoms with Gasteiger partial charge in [-0.1, -0.05) is 60.7 Å². The van der Waals surface area contributed by atoms with Crippen molar-refractivity contribution in [1.29, 1.82) is 0 Å². The van der Waals surface area contributed by atoms with Crippen molar-refractivity contribution in [3.05, 3.63) is 120 Å². The van der Waals surface area contributed by atoms with E-state index in [9.17, 15) is 0 Å². The quantitative estimate of drug-likeness (QED) is 0.291. The van der Waals surface area contributed by atoms with Crippen LogP contribution in [-0.4, -0.2) is 26.7 Å². The normalized spacial score (nSPS) is 14.1. The zero-order chi connectivity index (χ0) is 24.8. The summed E-state index contributed by atoms with van der Waals surface area (Å²) in [5.41, 5.74) is 3.73. The average Bonchev–Trinajstić information content (AvgIpc) is 3.39. The molecule has 4 aromatic carbocycles. The van der Waals surface area contributed by atoms with Crippen LogP contribution in [0.25, 0.3) is 16.4 Å². The van der Waals surface area contributed by atoms with Gasteiger partial charge >= 0.3 is 0 Å². The predicted octanol–water partition coefficient (Wildman–Crippen LogP) is 6.15. The SMILES string of the molecule is COc1ccc([C@@H]2c3c(ccc4ccccc34)Oc3ncn4nc(COc5ccccc5)nc4c32)cc1.